The number of hydrogen-bond donors (Lipinski definition) is 0. The van der Waals surface area contributed by atoms with Gasteiger partial charge in [-0.05, 0) is 39.0 Å². The molecule has 5 nitrogen and oxygen atoms in total. The van der Waals surface area contributed by atoms with Crippen molar-refractivity contribution in [2.24, 2.45) is 0 Å². The molecule has 1 rings (SSSR count). The summed E-state index contributed by atoms with van der Waals surface area (Å²) in [6.45, 7) is 6.13. The molecule has 0 heterocycles. The highest BCUT2D eigenvalue weighted by atomic mass is 35.7. The molecule has 1 amide bonds. The Labute approximate surface area is 123 Å². The highest BCUT2D eigenvalue weighted by Gasteiger charge is 2.23. The van der Waals surface area contributed by atoms with Crippen LogP contribution in [0.3, 0.4) is 0 Å². The molecule has 20 heavy (non-hydrogen) atoms. The number of benzene rings is 1. The number of carbonyl (C=O) groups excluding carboxylic acids is 1. The summed E-state index contributed by atoms with van der Waals surface area (Å²) >= 11 is 0. The van der Waals surface area contributed by atoms with E-state index >= 15 is 0 Å². The second-order valence-corrected chi connectivity index (χ2v) is 7.05. The molecule has 0 radical (unpaired) electrons. The number of carbonyl (C=O) groups is 1. The molecule has 0 saturated carbocycles. The first kappa shape index (κ1) is 16.8. The highest BCUT2D eigenvalue weighted by molar-refractivity contribution is 8.13. The van der Waals surface area contributed by atoms with Gasteiger partial charge in [0.05, 0.1) is 17.6 Å². The Balaban J connectivity index is 3.37. The van der Waals surface area contributed by atoms with E-state index in [4.69, 9.17) is 15.4 Å². The molecule has 112 valence electrons. The standard InChI is InChI=1S/C13H18ClNO4S/c1-5-15(9(2)3)13(16)11-8-10(20(14,17)18)6-7-12(11)19-4/h6-9H,5H2,1-4H3. The summed E-state index contributed by atoms with van der Waals surface area (Å²) in [7, 11) is 2.85. The maximum Gasteiger partial charge on any atom is 0.261 e. The molecule has 0 saturated heterocycles. The molecule has 7 heteroatoms. The number of ether oxygens (including phenoxy) is 1. The predicted molar refractivity (Wildman–Crippen MR) is 77.9 cm³/mol. The number of methoxy groups -OCH3 is 1. The Kier molecular flexibility index (Phi) is 5.42. The minimum absolute atomic E-state index is 0.00605. The minimum Gasteiger partial charge on any atom is -0.496 e. The van der Waals surface area contributed by atoms with Crippen LogP contribution in [0, 0.1) is 0 Å². The third-order valence-corrected chi connectivity index (χ3v) is 4.26. The third-order valence-electron chi connectivity index (χ3n) is 2.91. The van der Waals surface area contributed by atoms with Crippen LogP contribution >= 0.6 is 10.7 Å². The summed E-state index contributed by atoms with van der Waals surface area (Å²) in [4.78, 5) is 14.0. The lowest BCUT2D eigenvalue weighted by Crippen LogP contribution is -2.36. The van der Waals surface area contributed by atoms with Crippen molar-refractivity contribution in [2.45, 2.75) is 31.7 Å². The summed E-state index contributed by atoms with van der Waals surface area (Å²) in [5.74, 6) is 0.0275. The second-order valence-electron chi connectivity index (χ2n) is 4.48. The first-order valence-electron chi connectivity index (χ1n) is 6.16. The summed E-state index contributed by atoms with van der Waals surface area (Å²) in [6.07, 6.45) is 0. The van der Waals surface area contributed by atoms with Crippen molar-refractivity contribution in [3.63, 3.8) is 0 Å². The SMILES string of the molecule is CCN(C(=O)c1cc(S(=O)(=O)Cl)ccc1OC)C(C)C. The molecule has 0 aliphatic carbocycles. The van der Waals surface area contributed by atoms with E-state index in [1.807, 2.05) is 20.8 Å². The zero-order valence-electron chi connectivity index (χ0n) is 11.9. The van der Waals surface area contributed by atoms with Crippen molar-refractivity contribution >= 4 is 25.6 Å². The topological polar surface area (TPSA) is 63.7 Å². The van der Waals surface area contributed by atoms with Crippen LogP contribution in [0.1, 0.15) is 31.1 Å². The number of halogens is 1. The van der Waals surface area contributed by atoms with E-state index in [0.717, 1.165) is 0 Å². The first-order chi connectivity index (χ1) is 9.22. The van der Waals surface area contributed by atoms with E-state index < -0.39 is 9.05 Å². The fourth-order valence-electron chi connectivity index (χ4n) is 1.90. The molecule has 0 fully saturated rings. The van der Waals surface area contributed by atoms with Gasteiger partial charge in [0.25, 0.3) is 15.0 Å². The van der Waals surface area contributed by atoms with Crippen LogP contribution in [0.2, 0.25) is 0 Å². The van der Waals surface area contributed by atoms with Crippen LogP contribution in [0.5, 0.6) is 5.75 Å². The van der Waals surface area contributed by atoms with Crippen molar-refractivity contribution in [3.05, 3.63) is 23.8 Å². The van der Waals surface area contributed by atoms with Crippen LogP contribution in [-0.4, -0.2) is 38.9 Å². The van der Waals surface area contributed by atoms with Crippen LogP contribution in [0.15, 0.2) is 23.1 Å². The van der Waals surface area contributed by atoms with Crippen LogP contribution in [0.4, 0.5) is 0 Å². The normalized spacial score (nSPS) is 11.5. The summed E-state index contributed by atoms with van der Waals surface area (Å²) in [5, 5.41) is 0. The maximum absolute atomic E-state index is 12.5. The van der Waals surface area contributed by atoms with Gasteiger partial charge in [-0.1, -0.05) is 0 Å². The smallest absolute Gasteiger partial charge is 0.261 e. The number of amides is 1. The van der Waals surface area contributed by atoms with Crippen molar-refractivity contribution in [2.75, 3.05) is 13.7 Å². The lowest BCUT2D eigenvalue weighted by molar-refractivity contribution is 0.0713. The molecule has 1 aromatic carbocycles. The largest absolute Gasteiger partial charge is 0.496 e. The van der Waals surface area contributed by atoms with Crippen LogP contribution in [0.25, 0.3) is 0 Å². The molecule has 0 aromatic heterocycles. The zero-order valence-corrected chi connectivity index (χ0v) is 13.5. The Morgan fingerprint density at radius 2 is 2.00 bits per heavy atom. The van der Waals surface area contributed by atoms with Gasteiger partial charge in [-0.15, -0.1) is 0 Å². The fraction of sp³-hybridized carbons (Fsp3) is 0.462. The van der Waals surface area contributed by atoms with E-state index in [-0.39, 0.29) is 22.4 Å². The second kappa shape index (κ2) is 6.45. The van der Waals surface area contributed by atoms with E-state index in [0.29, 0.717) is 12.3 Å². The molecule has 0 atom stereocenters. The van der Waals surface area contributed by atoms with Crippen molar-refractivity contribution < 1.29 is 17.9 Å². The number of hydrogen-bond acceptors (Lipinski definition) is 4. The molecule has 0 bridgehead atoms. The highest BCUT2D eigenvalue weighted by Crippen LogP contribution is 2.26. The van der Waals surface area contributed by atoms with Gasteiger partial charge in [0, 0.05) is 23.3 Å². The predicted octanol–water partition coefficient (Wildman–Crippen LogP) is 2.49. The van der Waals surface area contributed by atoms with Crippen LogP contribution < -0.4 is 4.74 Å². The van der Waals surface area contributed by atoms with E-state index in [2.05, 4.69) is 0 Å². The molecule has 0 aliphatic heterocycles. The van der Waals surface area contributed by atoms with Gasteiger partial charge in [0.2, 0.25) is 0 Å². The van der Waals surface area contributed by atoms with Gasteiger partial charge in [-0.2, -0.15) is 0 Å². The van der Waals surface area contributed by atoms with Gasteiger partial charge in [-0.3, -0.25) is 4.79 Å². The Hall–Kier alpha value is -1.27. The van der Waals surface area contributed by atoms with Crippen molar-refractivity contribution in [1.82, 2.24) is 4.90 Å². The quantitative estimate of drug-likeness (QED) is 0.782. The lowest BCUT2D eigenvalue weighted by Gasteiger charge is -2.26. The first-order valence-corrected chi connectivity index (χ1v) is 8.47. The van der Waals surface area contributed by atoms with E-state index in [1.165, 1.54) is 25.3 Å². The third kappa shape index (κ3) is 3.64. The molecular weight excluding hydrogens is 302 g/mol. The number of nitrogens with zero attached hydrogens (tertiary/aromatic N) is 1. The molecular formula is C13H18ClNO4S. The maximum atomic E-state index is 12.5. The summed E-state index contributed by atoms with van der Waals surface area (Å²) in [6, 6.07) is 3.97. The monoisotopic (exact) mass is 319 g/mol. The van der Waals surface area contributed by atoms with Gasteiger partial charge in [-0.25, -0.2) is 8.42 Å². The molecule has 0 aliphatic rings. The molecule has 1 aromatic rings. The van der Waals surface area contributed by atoms with Crippen molar-refractivity contribution in [3.8, 4) is 5.75 Å². The van der Waals surface area contributed by atoms with Crippen LogP contribution in [-0.2, 0) is 9.05 Å². The molecule has 0 N–H and O–H groups in total. The fourth-order valence-corrected chi connectivity index (χ4v) is 2.68. The molecule has 0 spiro atoms. The Morgan fingerprint density at radius 3 is 2.40 bits per heavy atom. The van der Waals surface area contributed by atoms with E-state index in [1.54, 1.807) is 4.90 Å². The molecule has 0 unspecified atom stereocenters. The summed E-state index contributed by atoms with van der Waals surface area (Å²) < 4.78 is 27.9. The summed E-state index contributed by atoms with van der Waals surface area (Å²) in [5.41, 5.74) is 0.185. The van der Waals surface area contributed by atoms with Gasteiger partial charge >= 0.3 is 0 Å². The average Bonchev–Trinajstić information content (AvgIpc) is 2.37. The Morgan fingerprint density at radius 1 is 1.40 bits per heavy atom. The average molecular weight is 320 g/mol. The zero-order chi connectivity index (χ0) is 15.5. The van der Waals surface area contributed by atoms with E-state index in [9.17, 15) is 13.2 Å². The number of rotatable bonds is 5. The minimum atomic E-state index is -3.89. The van der Waals surface area contributed by atoms with Gasteiger partial charge < -0.3 is 9.64 Å². The van der Waals surface area contributed by atoms with Crippen molar-refractivity contribution in [1.29, 1.82) is 0 Å². The van der Waals surface area contributed by atoms with Gasteiger partial charge in [0.1, 0.15) is 5.75 Å². The van der Waals surface area contributed by atoms with Gasteiger partial charge in [0.15, 0.2) is 0 Å². The Bertz CT molecular complexity index is 598. The lowest BCUT2D eigenvalue weighted by atomic mass is 10.1.